The Labute approximate surface area is 659 Å². The van der Waals surface area contributed by atoms with Gasteiger partial charge in [-0.15, -0.1) is 0 Å². The van der Waals surface area contributed by atoms with Crippen LogP contribution in [0.2, 0.25) is 0 Å². The Morgan fingerprint density at radius 2 is 0.357 bits per heavy atom. The number of unbranched alkanes of at least 4 members (excludes halogenated alkanes) is 3. The molecule has 3 atom stereocenters. The highest BCUT2D eigenvalue weighted by Crippen LogP contribution is 2.61. The normalized spacial score (nSPS) is 13.1. The summed E-state index contributed by atoms with van der Waals surface area (Å²) in [4.78, 5) is 0. The van der Waals surface area contributed by atoms with Crippen molar-refractivity contribution in [3.63, 3.8) is 0 Å². The molecule has 0 bridgehead atoms. The predicted octanol–water partition coefficient (Wildman–Crippen LogP) is 29.2. The summed E-state index contributed by atoms with van der Waals surface area (Å²) in [7, 11) is -1.63. The van der Waals surface area contributed by atoms with Gasteiger partial charge >= 0.3 is 7.32 Å². The molecule has 0 aliphatic rings. The minimum Gasteiger partial charge on any atom is -0.371 e. The van der Waals surface area contributed by atoms with Crippen LogP contribution in [0.4, 0.5) is 0 Å². The van der Waals surface area contributed by atoms with Gasteiger partial charge in [-0.1, -0.05) is 441 Å². The van der Waals surface area contributed by atoms with Gasteiger partial charge in [0.25, 0.3) is 0 Å². The number of fused-ring (bicyclic) bond motifs is 9. The van der Waals surface area contributed by atoms with Crippen molar-refractivity contribution in [3.05, 3.63) is 432 Å². The van der Waals surface area contributed by atoms with E-state index in [2.05, 4.69) is 403 Å². The van der Waals surface area contributed by atoms with Crippen molar-refractivity contribution >= 4 is 104 Å². The van der Waals surface area contributed by atoms with E-state index in [0.717, 1.165) is 172 Å². The smallest absolute Gasteiger partial charge is 0.371 e. The van der Waals surface area contributed by atoms with E-state index < -0.39 is 41.9 Å². The standard InChI is InChI=1S/C108H93BO3/c1-4-7-67-103(94-64-28-46-76-37-10-19-55-85(76)94)106(97-70-31-49-79-40-13-22-58-88(79)97,98-71-32-50-80-41-14-23-59-89(80)98)110-109(111-107(99-72-33-51-81-42-15-24-60-90(81)99,100-73-34-52-82-43-16-25-61-91(82)100)104(68-8-5-2)95-65-29-47-77-38-11-20-56-86(77)95)112-108(101-74-35-53-83-44-17-26-62-92(83)101,102-75-36-54-84-45-18-27-63-93(84)102)105(69-9-6-3)96-66-30-48-78-39-12-21-57-87(78)96/h10-66,70-75,103-105H,4-9,67-69H2,1-3H3. The zero-order valence-electron chi connectivity index (χ0n) is 64.3. The maximum absolute atomic E-state index is 9.85. The summed E-state index contributed by atoms with van der Waals surface area (Å²) in [5, 5.41) is 20.1. The lowest BCUT2D eigenvalue weighted by molar-refractivity contribution is -0.0868. The molecule has 18 aromatic carbocycles. The summed E-state index contributed by atoms with van der Waals surface area (Å²) in [6.07, 6.45) is 7.63. The van der Waals surface area contributed by atoms with Crippen molar-refractivity contribution in [2.24, 2.45) is 0 Å². The monoisotopic (exact) mass is 1450 g/mol. The number of benzene rings is 18. The summed E-state index contributed by atoms with van der Waals surface area (Å²) in [6.45, 7) is 7.02. The van der Waals surface area contributed by atoms with Gasteiger partial charge in [0.1, 0.15) is 16.8 Å². The van der Waals surface area contributed by atoms with Crippen LogP contribution < -0.4 is 0 Å². The van der Waals surface area contributed by atoms with Gasteiger partial charge in [0.2, 0.25) is 0 Å². The molecule has 0 aliphatic carbocycles. The van der Waals surface area contributed by atoms with Crippen molar-refractivity contribution in [1.29, 1.82) is 0 Å². The third-order valence-corrected chi connectivity index (χ3v) is 24.6. The van der Waals surface area contributed by atoms with Crippen LogP contribution in [0, 0.1) is 0 Å². The van der Waals surface area contributed by atoms with Crippen molar-refractivity contribution in [1.82, 2.24) is 0 Å². The maximum Gasteiger partial charge on any atom is 0.642 e. The molecule has 3 unspecified atom stereocenters. The lowest BCUT2D eigenvalue weighted by Crippen LogP contribution is -2.54. The molecule has 0 amide bonds. The molecule has 0 spiro atoms. The highest BCUT2D eigenvalue weighted by Gasteiger charge is 2.59. The van der Waals surface area contributed by atoms with Gasteiger partial charge in [-0.05, 0) is 166 Å². The maximum atomic E-state index is 9.85. The molecule has 0 saturated carbocycles. The zero-order valence-corrected chi connectivity index (χ0v) is 64.3. The van der Waals surface area contributed by atoms with E-state index in [9.17, 15) is 14.0 Å². The van der Waals surface area contributed by atoms with E-state index in [1.54, 1.807) is 0 Å². The third-order valence-electron chi connectivity index (χ3n) is 24.6. The molecule has 546 valence electrons. The van der Waals surface area contributed by atoms with Crippen molar-refractivity contribution < 1.29 is 14.0 Å². The second-order valence-corrected chi connectivity index (χ2v) is 30.8. The average molecular weight is 1450 g/mol. The first-order chi connectivity index (χ1) is 55.4. The lowest BCUT2D eigenvalue weighted by atomic mass is 9.65. The van der Waals surface area contributed by atoms with E-state index >= 15 is 0 Å². The second-order valence-electron chi connectivity index (χ2n) is 30.8. The van der Waals surface area contributed by atoms with Crippen LogP contribution >= 0.6 is 0 Å². The molecule has 0 fully saturated rings. The van der Waals surface area contributed by atoms with Gasteiger partial charge in [-0.2, -0.15) is 0 Å². The van der Waals surface area contributed by atoms with Gasteiger partial charge in [0.15, 0.2) is 0 Å². The highest BCUT2D eigenvalue weighted by molar-refractivity contribution is 6.37. The van der Waals surface area contributed by atoms with Crippen LogP contribution in [-0.4, -0.2) is 7.32 Å². The molecule has 0 heterocycles. The third kappa shape index (κ3) is 12.7. The first kappa shape index (κ1) is 71.8. The zero-order chi connectivity index (χ0) is 75.4. The van der Waals surface area contributed by atoms with Crippen LogP contribution in [0.5, 0.6) is 0 Å². The van der Waals surface area contributed by atoms with Crippen molar-refractivity contribution in [2.75, 3.05) is 0 Å². The van der Waals surface area contributed by atoms with Crippen LogP contribution in [-0.2, 0) is 30.8 Å². The number of hydrogen-bond donors (Lipinski definition) is 0. The van der Waals surface area contributed by atoms with E-state index in [1.165, 1.54) is 32.8 Å². The van der Waals surface area contributed by atoms with Gasteiger partial charge < -0.3 is 14.0 Å². The van der Waals surface area contributed by atoms with E-state index in [1.807, 2.05) is 0 Å². The fourth-order valence-corrected chi connectivity index (χ4v) is 19.6. The van der Waals surface area contributed by atoms with E-state index in [-0.39, 0.29) is 0 Å². The Kier molecular flexibility index (Phi) is 20.2. The largest absolute Gasteiger partial charge is 0.642 e. The van der Waals surface area contributed by atoms with Crippen LogP contribution in [0.25, 0.3) is 97.0 Å². The van der Waals surface area contributed by atoms with Gasteiger partial charge in [0.05, 0.1) is 0 Å². The molecule has 0 radical (unpaired) electrons. The fraction of sp³-hybridized carbons (Fsp3) is 0.167. The quantitative estimate of drug-likeness (QED) is 0.0480. The molecule has 0 aliphatic heterocycles. The molecular weight excluding hydrogens is 1360 g/mol. The van der Waals surface area contributed by atoms with Gasteiger partial charge in [-0.25, -0.2) is 0 Å². The topological polar surface area (TPSA) is 27.7 Å². The summed E-state index contributed by atoms with van der Waals surface area (Å²) in [5.74, 6) is -1.29. The minimum absolute atomic E-state index is 0.429. The van der Waals surface area contributed by atoms with Crippen LogP contribution in [0.15, 0.2) is 382 Å². The molecule has 4 heteroatoms. The Morgan fingerprint density at radius 3 is 0.554 bits per heavy atom. The molecule has 112 heavy (non-hydrogen) atoms. The molecule has 18 aromatic rings. The molecular formula is C108H93BO3. The molecule has 3 nitrogen and oxygen atoms in total. The second kappa shape index (κ2) is 31.6. The Hall–Kier alpha value is -11.8. The molecule has 18 rings (SSSR count). The summed E-state index contributed by atoms with van der Waals surface area (Å²) < 4.78 is 29.5. The van der Waals surface area contributed by atoms with Crippen molar-refractivity contribution in [2.45, 2.75) is 113 Å². The van der Waals surface area contributed by atoms with E-state index in [4.69, 9.17) is 0 Å². The SMILES string of the molecule is CCCCC(c1cccc2ccccc12)C(OB(OC(c1cccc2ccccc12)(c1cccc2ccccc12)C(CCCC)c1cccc2ccccc12)OC(c1cccc2ccccc12)(c1cccc2ccccc12)C(CCCC)c1cccc2ccccc12)(c1cccc2ccccc12)c1cccc2ccccc12. The van der Waals surface area contributed by atoms with E-state index in [0.29, 0.717) is 0 Å². The number of hydrogen-bond acceptors (Lipinski definition) is 3. The average Bonchev–Trinajstić information content (AvgIpc) is 0.684. The van der Waals surface area contributed by atoms with Crippen LogP contribution in [0.1, 0.15) is 146 Å². The first-order valence-electron chi connectivity index (χ1n) is 40.8. The van der Waals surface area contributed by atoms with Gasteiger partial charge in [-0.3, -0.25) is 0 Å². The Morgan fingerprint density at radius 1 is 0.196 bits per heavy atom. The predicted molar refractivity (Wildman–Crippen MR) is 474 cm³/mol. The fourth-order valence-electron chi connectivity index (χ4n) is 19.6. The van der Waals surface area contributed by atoms with Gasteiger partial charge in [0, 0.05) is 17.8 Å². The highest BCUT2D eigenvalue weighted by atomic mass is 16.8. The van der Waals surface area contributed by atoms with Crippen LogP contribution in [0.3, 0.4) is 0 Å². The first-order valence-corrected chi connectivity index (χ1v) is 40.8. The molecule has 0 N–H and O–H groups in total. The minimum atomic E-state index is -1.63. The Bertz CT molecular complexity index is 5530. The Balaban J connectivity index is 1.10. The summed E-state index contributed by atoms with van der Waals surface area (Å²) in [5.41, 5.74) is 5.14. The number of rotatable bonds is 27. The lowest BCUT2D eigenvalue weighted by Gasteiger charge is -2.51. The summed E-state index contributed by atoms with van der Waals surface area (Å²) >= 11 is 0. The molecule has 0 saturated heterocycles. The summed E-state index contributed by atoms with van der Waals surface area (Å²) in [6, 6.07) is 144. The van der Waals surface area contributed by atoms with Crippen molar-refractivity contribution in [3.8, 4) is 0 Å². The molecule has 0 aromatic heterocycles.